The normalized spacial score (nSPS) is 10.9. The number of fused-ring (bicyclic) bond motifs is 1. The van der Waals surface area contributed by atoms with Crippen molar-refractivity contribution in [3.05, 3.63) is 60.4 Å². The number of hydrogen-bond acceptors (Lipinski definition) is 3. The summed E-state index contributed by atoms with van der Waals surface area (Å²) in [7, 11) is 0. The van der Waals surface area contributed by atoms with Crippen LogP contribution in [0.3, 0.4) is 0 Å². The Bertz CT molecular complexity index is 679. The first-order chi connectivity index (χ1) is 10.4. The smallest absolute Gasteiger partial charge is 0.137 e. The minimum absolute atomic E-state index is 0.729. The molecule has 21 heavy (non-hydrogen) atoms. The molecular formula is C17H19N3O. The van der Waals surface area contributed by atoms with Crippen molar-refractivity contribution in [3.63, 3.8) is 0 Å². The lowest BCUT2D eigenvalue weighted by Gasteiger charge is -2.06. The molecule has 0 amide bonds. The van der Waals surface area contributed by atoms with Crippen molar-refractivity contribution in [2.24, 2.45) is 0 Å². The third-order valence-electron chi connectivity index (χ3n) is 3.36. The van der Waals surface area contributed by atoms with Crippen LogP contribution in [0.2, 0.25) is 0 Å². The lowest BCUT2D eigenvalue weighted by Crippen LogP contribution is -2.16. The number of rotatable bonds is 7. The molecule has 0 fully saturated rings. The zero-order valence-electron chi connectivity index (χ0n) is 11.9. The summed E-state index contributed by atoms with van der Waals surface area (Å²) in [5.74, 6) is 0.931. The van der Waals surface area contributed by atoms with Gasteiger partial charge in [0.05, 0.1) is 6.61 Å². The predicted octanol–water partition coefficient (Wildman–Crippen LogP) is 3.12. The second-order valence-corrected chi connectivity index (χ2v) is 4.91. The number of pyridine rings is 1. The van der Waals surface area contributed by atoms with Gasteiger partial charge >= 0.3 is 0 Å². The van der Waals surface area contributed by atoms with E-state index in [0.29, 0.717) is 0 Å². The second-order valence-electron chi connectivity index (χ2n) is 4.91. The van der Waals surface area contributed by atoms with Gasteiger partial charge in [-0.3, -0.25) is 0 Å². The van der Waals surface area contributed by atoms with E-state index in [2.05, 4.69) is 21.4 Å². The van der Waals surface area contributed by atoms with Crippen LogP contribution in [0, 0.1) is 0 Å². The Labute approximate surface area is 124 Å². The molecule has 2 heterocycles. The molecule has 0 unspecified atom stereocenters. The van der Waals surface area contributed by atoms with E-state index in [1.165, 1.54) is 10.9 Å². The van der Waals surface area contributed by atoms with Crippen LogP contribution in [-0.2, 0) is 6.54 Å². The van der Waals surface area contributed by atoms with Gasteiger partial charge in [-0.05, 0) is 42.8 Å². The molecule has 0 aliphatic carbocycles. The number of nitrogens with zero attached hydrogens (tertiary/aromatic N) is 1. The van der Waals surface area contributed by atoms with Crippen LogP contribution < -0.4 is 10.1 Å². The third kappa shape index (κ3) is 3.61. The van der Waals surface area contributed by atoms with Crippen LogP contribution in [0.4, 0.5) is 0 Å². The molecule has 0 saturated carbocycles. The first-order valence-corrected chi connectivity index (χ1v) is 7.23. The zero-order chi connectivity index (χ0) is 14.3. The predicted molar refractivity (Wildman–Crippen MR) is 84.4 cm³/mol. The van der Waals surface area contributed by atoms with E-state index in [1.54, 1.807) is 6.20 Å². The Hall–Kier alpha value is -2.33. The summed E-state index contributed by atoms with van der Waals surface area (Å²) >= 11 is 0. The van der Waals surface area contributed by atoms with E-state index < -0.39 is 0 Å². The molecule has 0 radical (unpaired) electrons. The monoisotopic (exact) mass is 281 g/mol. The molecule has 4 nitrogen and oxygen atoms in total. The van der Waals surface area contributed by atoms with Crippen LogP contribution in [-0.4, -0.2) is 23.1 Å². The van der Waals surface area contributed by atoms with Gasteiger partial charge in [-0.1, -0.05) is 18.2 Å². The molecule has 0 atom stereocenters. The molecule has 0 aliphatic heterocycles. The highest BCUT2D eigenvalue weighted by molar-refractivity contribution is 5.79. The Morgan fingerprint density at radius 3 is 2.90 bits per heavy atom. The molecule has 3 rings (SSSR count). The molecule has 0 bridgehead atoms. The highest BCUT2D eigenvalue weighted by atomic mass is 16.5. The van der Waals surface area contributed by atoms with E-state index in [9.17, 15) is 0 Å². The Kier molecular flexibility index (Phi) is 4.49. The summed E-state index contributed by atoms with van der Waals surface area (Å²) in [6.45, 7) is 2.50. The van der Waals surface area contributed by atoms with Gasteiger partial charge in [0, 0.05) is 24.3 Å². The Balaban J connectivity index is 1.39. The number of benzene rings is 1. The summed E-state index contributed by atoms with van der Waals surface area (Å²) in [6.07, 6.45) is 4.80. The van der Waals surface area contributed by atoms with Crippen molar-refractivity contribution < 1.29 is 4.74 Å². The number of para-hydroxylation sites is 1. The molecule has 108 valence electrons. The van der Waals surface area contributed by atoms with Crippen molar-refractivity contribution in [3.8, 4) is 5.75 Å². The minimum atomic E-state index is 0.729. The van der Waals surface area contributed by atoms with Crippen LogP contribution in [0.5, 0.6) is 5.75 Å². The molecule has 2 N–H and O–H groups in total. The minimum Gasteiger partial charge on any atom is -0.494 e. The molecule has 2 aromatic heterocycles. The van der Waals surface area contributed by atoms with E-state index >= 15 is 0 Å². The number of ether oxygens (including phenoxy) is 1. The van der Waals surface area contributed by atoms with E-state index in [0.717, 1.165) is 37.5 Å². The highest BCUT2D eigenvalue weighted by Gasteiger charge is 2.02. The SMILES string of the molecule is c1ccc(OCCCNCc2c[nH]c3ncccc23)cc1. The van der Waals surface area contributed by atoms with Crippen molar-refractivity contribution in [1.29, 1.82) is 0 Å². The largest absolute Gasteiger partial charge is 0.494 e. The van der Waals surface area contributed by atoms with Gasteiger partial charge in [-0.25, -0.2) is 4.98 Å². The van der Waals surface area contributed by atoms with Gasteiger partial charge in [0.2, 0.25) is 0 Å². The number of aromatic amines is 1. The molecule has 3 aromatic rings. The van der Waals surface area contributed by atoms with Crippen molar-refractivity contribution in [2.75, 3.05) is 13.2 Å². The fourth-order valence-electron chi connectivity index (χ4n) is 2.29. The second kappa shape index (κ2) is 6.90. The Morgan fingerprint density at radius 1 is 1.10 bits per heavy atom. The molecule has 4 heteroatoms. The number of aromatic nitrogens is 2. The molecule has 1 aromatic carbocycles. The van der Waals surface area contributed by atoms with Gasteiger partial charge in [0.1, 0.15) is 11.4 Å². The van der Waals surface area contributed by atoms with Gasteiger partial charge < -0.3 is 15.0 Å². The number of H-pyrrole nitrogens is 1. The van der Waals surface area contributed by atoms with Crippen molar-refractivity contribution in [2.45, 2.75) is 13.0 Å². The quantitative estimate of drug-likeness (QED) is 0.654. The van der Waals surface area contributed by atoms with Gasteiger partial charge in [-0.2, -0.15) is 0 Å². The summed E-state index contributed by atoms with van der Waals surface area (Å²) < 4.78 is 5.66. The fourth-order valence-corrected chi connectivity index (χ4v) is 2.29. The molecule has 0 aliphatic rings. The van der Waals surface area contributed by atoms with Crippen LogP contribution in [0.25, 0.3) is 11.0 Å². The molecule has 0 saturated heterocycles. The van der Waals surface area contributed by atoms with Crippen LogP contribution >= 0.6 is 0 Å². The molecular weight excluding hydrogens is 262 g/mol. The summed E-state index contributed by atoms with van der Waals surface area (Å²) in [4.78, 5) is 7.48. The number of hydrogen-bond donors (Lipinski definition) is 2. The maximum Gasteiger partial charge on any atom is 0.137 e. The fraction of sp³-hybridized carbons (Fsp3) is 0.235. The maximum absolute atomic E-state index is 5.66. The summed E-state index contributed by atoms with van der Waals surface area (Å²) in [6, 6.07) is 14.0. The van der Waals surface area contributed by atoms with Gasteiger partial charge in [0.15, 0.2) is 0 Å². The van der Waals surface area contributed by atoms with Crippen molar-refractivity contribution >= 4 is 11.0 Å². The third-order valence-corrected chi connectivity index (χ3v) is 3.36. The topological polar surface area (TPSA) is 49.9 Å². The van der Waals surface area contributed by atoms with Crippen molar-refractivity contribution in [1.82, 2.24) is 15.3 Å². The van der Waals surface area contributed by atoms with Crippen LogP contribution in [0.1, 0.15) is 12.0 Å². The van der Waals surface area contributed by atoms with Gasteiger partial charge in [0.25, 0.3) is 0 Å². The van der Waals surface area contributed by atoms with Gasteiger partial charge in [-0.15, -0.1) is 0 Å². The first-order valence-electron chi connectivity index (χ1n) is 7.23. The average Bonchev–Trinajstić information content (AvgIpc) is 2.95. The maximum atomic E-state index is 5.66. The summed E-state index contributed by atoms with van der Waals surface area (Å²) in [5, 5.41) is 4.62. The van der Waals surface area contributed by atoms with E-state index in [1.807, 2.05) is 42.6 Å². The van der Waals surface area contributed by atoms with Crippen LogP contribution in [0.15, 0.2) is 54.9 Å². The van der Waals surface area contributed by atoms with E-state index in [-0.39, 0.29) is 0 Å². The number of nitrogens with one attached hydrogen (secondary N) is 2. The average molecular weight is 281 g/mol. The molecule has 0 spiro atoms. The summed E-state index contributed by atoms with van der Waals surface area (Å²) in [5.41, 5.74) is 2.20. The Morgan fingerprint density at radius 2 is 2.00 bits per heavy atom. The first kappa shape index (κ1) is 13.6. The van der Waals surface area contributed by atoms with E-state index in [4.69, 9.17) is 4.74 Å². The lowest BCUT2D eigenvalue weighted by molar-refractivity contribution is 0.308. The lowest BCUT2D eigenvalue weighted by atomic mass is 10.2. The zero-order valence-corrected chi connectivity index (χ0v) is 11.9. The standard InChI is InChI=1S/C17H19N3O/c1-2-6-15(7-3-1)21-11-5-9-18-12-14-13-20-17-16(14)8-4-10-19-17/h1-4,6-8,10,13,18H,5,9,11-12H2,(H,19,20). The highest BCUT2D eigenvalue weighted by Crippen LogP contribution is 2.15.